The summed E-state index contributed by atoms with van der Waals surface area (Å²) in [6.45, 7) is 3.58. The van der Waals surface area contributed by atoms with E-state index >= 15 is 0 Å². The van der Waals surface area contributed by atoms with Crippen molar-refractivity contribution < 1.29 is 10.0 Å². The van der Waals surface area contributed by atoms with Crippen molar-refractivity contribution in [3.63, 3.8) is 0 Å². The molecule has 0 heterocycles. The van der Waals surface area contributed by atoms with Gasteiger partial charge in [-0.2, -0.15) is 0 Å². The Morgan fingerprint density at radius 3 is 2.30 bits per heavy atom. The maximum absolute atomic E-state index is 10.9. The molecule has 0 aliphatic carbocycles. The summed E-state index contributed by atoms with van der Waals surface area (Å²) in [5, 5.41) is 28.4. The molecule has 0 aromatic heterocycles. The van der Waals surface area contributed by atoms with Crippen LogP contribution in [0.1, 0.15) is 11.1 Å². The predicted octanol–water partition coefficient (Wildman–Crippen LogP) is 4.33. The van der Waals surface area contributed by atoms with Crippen molar-refractivity contribution in [3.8, 4) is 5.75 Å². The lowest BCUT2D eigenvalue weighted by atomic mass is 10.1. The lowest BCUT2D eigenvalue weighted by Gasteiger charge is -2.04. The number of phenols is 1. The second-order valence-corrected chi connectivity index (χ2v) is 4.37. The van der Waals surface area contributed by atoms with Gasteiger partial charge < -0.3 is 5.11 Å². The number of benzene rings is 2. The minimum atomic E-state index is -0.495. The fraction of sp³-hybridized carbons (Fsp3) is 0.143. The first-order chi connectivity index (χ1) is 9.49. The van der Waals surface area contributed by atoms with E-state index in [1.54, 1.807) is 38.1 Å². The highest BCUT2D eigenvalue weighted by Crippen LogP contribution is 2.32. The summed E-state index contributed by atoms with van der Waals surface area (Å²) in [5.74, 6) is 0.157. The minimum Gasteiger partial charge on any atom is -0.508 e. The third kappa shape index (κ3) is 2.80. The van der Waals surface area contributed by atoms with Crippen LogP contribution in [-0.4, -0.2) is 10.0 Å². The molecule has 0 bridgehead atoms. The zero-order valence-electron chi connectivity index (χ0n) is 11.1. The molecular weight excluding hydrogens is 258 g/mol. The van der Waals surface area contributed by atoms with E-state index in [1.807, 2.05) is 0 Å². The number of para-hydroxylation sites is 1. The minimum absolute atomic E-state index is 0.0923. The summed E-state index contributed by atoms with van der Waals surface area (Å²) in [7, 11) is 0. The van der Waals surface area contributed by atoms with Crippen molar-refractivity contribution in [1.82, 2.24) is 0 Å². The van der Waals surface area contributed by atoms with Gasteiger partial charge in [-0.3, -0.25) is 10.1 Å². The molecule has 6 heteroatoms. The number of aromatic hydroxyl groups is 1. The smallest absolute Gasteiger partial charge is 0.296 e. The van der Waals surface area contributed by atoms with Crippen LogP contribution < -0.4 is 0 Å². The molecular formula is C14H13N3O3. The highest BCUT2D eigenvalue weighted by molar-refractivity contribution is 5.58. The molecule has 0 aliphatic rings. The first-order valence-electron chi connectivity index (χ1n) is 5.94. The van der Waals surface area contributed by atoms with Crippen LogP contribution >= 0.6 is 0 Å². The number of azo groups is 1. The second-order valence-electron chi connectivity index (χ2n) is 4.37. The fourth-order valence-electron chi connectivity index (χ4n) is 1.90. The second kappa shape index (κ2) is 5.48. The lowest BCUT2D eigenvalue weighted by molar-refractivity contribution is -0.384. The van der Waals surface area contributed by atoms with Crippen LogP contribution in [0.25, 0.3) is 0 Å². The molecule has 6 nitrogen and oxygen atoms in total. The quantitative estimate of drug-likeness (QED) is 0.511. The maximum atomic E-state index is 10.9. The third-order valence-electron chi connectivity index (χ3n) is 2.81. The third-order valence-corrected chi connectivity index (χ3v) is 2.81. The van der Waals surface area contributed by atoms with E-state index < -0.39 is 4.92 Å². The Labute approximate surface area is 115 Å². The normalized spacial score (nSPS) is 10.9. The standard InChI is InChI=1S/C14H13N3O3/c1-9-7-11(18)8-10(2)14(9)16-15-12-5-3-4-6-13(12)17(19)20/h3-8,18H,1-2H3. The van der Waals surface area contributed by atoms with Crippen LogP contribution in [0.15, 0.2) is 46.6 Å². The van der Waals surface area contributed by atoms with Crippen LogP contribution in [-0.2, 0) is 0 Å². The number of nitrogens with zero attached hydrogens (tertiary/aromatic N) is 3. The number of nitro groups is 1. The van der Waals surface area contributed by atoms with Crippen molar-refractivity contribution in [2.75, 3.05) is 0 Å². The molecule has 0 saturated carbocycles. The molecule has 102 valence electrons. The Hall–Kier alpha value is -2.76. The Kier molecular flexibility index (Phi) is 3.74. The Morgan fingerprint density at radius 2 is 1.70 bits per heavy atom. The summed E-state index contributed by atoms with van der Waals surface area (Å²) < 4.78 is 0. The van der Waals surface area contributed by atoms with Gasteiger partial charge in [0.1, 0.15) is 5.75 Å². The number of aryl methyl sites for hydroxylation is 2. The maximum Gasteiger partial charge on any atom is 0.296 e. The highest BCUT2D eigenvalue weighted by atomic mass is 16.6. The molecule has 2 rings (SSSR count). The highest BCUT2D eigenvalue weighted by Gasteiger charge is 2.12. The monoisotopic (exact) mass is 271 g/mol. The van der Waals surface area contributed by atoms with E-state index in [2.05, 4.69) is 10.2 Å². The van der Waals surface area contributed by atoms with Gasteiger partial charge >= 0.3 is 0 Å². The molecule has 2 aromatic rings. The molecule has 0 radical (unpaired) electrons. The summed E-state index contributed by atoms with van der Waals surface area (Å²) in [4.78, 5) is 10.4. The van der Waals surface area contributed by atoms with Gasteiger partial charge in [0.15, 0.2) is 5.69 Å². The number of nitro benzene ring substituents is 1. The number of hydrogen-bond acceptors (Lipinski definition) is 5. The average Bonchev–Trinajstić information content (AvgIpc) is 2.37. The summed E-state index contributed by atoms with van der Waals surface area (Å²) in [6.07, 6.45) is 0. The predicted molar refractivity (Wildman–Crippen MR) is 74.9 cm³/mol. The van der Waals surface area contributed by atoms with Crippen LogP contribution in [0.2, 0.25) is 0 Å². The molecule has 0 spiro atoms. The number of rotatable bonds is 3. The van der Waals surface area contributed by atoms with Crippen molar-refractivity contribution in [3.05, 3.63) is 57.6 Å². The summed E-state index contributed by atoms with van der Waals surface area (Å²) in [6, 6.07) is 9.30. The van der Waals surface area contributed by atoms with Gasteiger partial charge in [-0.15, -0.1) is 10.2 Å². The van der Waals surface area contributed by atoms with E-state index in [1.165, 1.54) is 12.1 Å². The van der Waals surface area contributed by atoms with Gasteiger partial charge in [-0.1, -0.05) is 12.1 Å². The molecule has 1 N–H and O–H groups in total. The van der Waals surface area contributed by atoms with Gasteiger partial charge in [-0.05, 0) is 43.2 Å². The van der Waals surface area contributed by atoms with E-state index in [4.69, 9.17) is 0 Å². The van der Waals surface area contributed by atoms with Gasteiger partial charge in [-0.25, -0.2) is 0 Å². The SMILES string of the molecule is Cc1cc(O)cc(C)c1N=Nc1ccccc1[N+](=O)[O-]. The van der Waals surface area contributed by atoms with E-state index in [-0.39, 0.29) is 17.1 Å². The first kappa shape index (κ1) is 13.7. The molecule has 0 unspecified atom stereocenters. The first-order valence-corrected chi connectivity index (χ1v) is 5.94. The Morgan fingerprint density at radius 1 is 1.10 bits per heavy atom. The lowest BCUT2D eigenvalue weighted by Crippen LogP contribution is -1.87. The van der Waals surface area contributed by atoms with Crippen LogP contribution in [0, 0.1) is 24.0 Å². The topological polar surface area (TPSA) is 88.1 Å². The molecule has 0 atom stereocenters. The zero-order valence-corrected chi connectivity index (χ0v) is 11.1. The van der Waals surface area contributed by atoms with Crippen molar-refractivity contribution in [2.45, 2.75) is 13.8 Å². The molecule has 0 aliphatic heterocycles. The number of hydrogen-bond donors (Lipinski definition) is 1. The van der Waals surface area contributed by atoms with Crippen LogP contribution in [0.4, 0.5) is 17.1 Å². The Bertz CT molecular complexity index is 673. The molecule has 2 aromatic carbocycles. The fourth-order valence-corrected chi connectivity index (χ4v) is 1.90. The van der Waals surface area contributed by atoms with E-state index in [0.29, 0.717) is 5.69 Å². The molecule has 20 heavy (non-hydrogen) atoms. The Balaban J connectivity index is 2.43. The molecule has 0 fully saturated rings. The van der Waals surface area contributed by atoms with E-state index in [9.17, 15) is 15.2 Å². The van der Waals surface area contributed by atoms with Gasteiger partial charge in [0, 0.05) is 6.07 Å². The van der Waals surface area contributed by atoms with Crippen molar-refractivity contribution >= 4 is 17.1 Å². The summed E-state index contributed by atoms with van der Waals surface area (Å²) >= 11 is 0. The largest absolute Gasteiger partial charge is 0.508 e. The summed E-state index contributed by atoms with van der Waals surface area (Å²) in [5.41, 5.74) is 2.21. The van der Waals surface area contributed by atoms with Crippen molar-refractivity contribution in [2.24, 2.45) is 10.2 Å². The molecule has 0 saturated heterocycles. The van der Waals surface area contributed by atoms with Crippen LogP contribution in [0.3, 0.4) is 0 Å². The van der Waals surface area contributed by atoms with Crippen LogP contribution in [0.5, 0.6) is 5.75 Å². The zero-order chi connectivity index (χ0) is 14.7. The molecule has 0 amide bonds. The van der Waals surface area contributed by atoms with E-state index in [0.717, 1.165) is 11.1 Å². The van der Waals surface area contributed by atoms with Gasteiger partial charge in [0.25, 0.3) is 5.69 Å². The number of phenolic OH excluding ortho intramolecular Hbond substituents is 1. The average molecular weight is 271 g/mol. The van der Waals surface area contributed by atoms with Gasteiger partial charge in [0.2, 0.25) is 0 Å². The van der Waals surface area contributed by atoms with Crippen molar-refractivity contribution in [1.29, 1.82) is 0 Å². The van der Waals surface area contributed by atoms with Gasteiger partial charge in [0.05, 0.1) is 10.6 Å².